The van der Waals surface area contributed by atoms with E-state index < -0.39 is 0 Å². The molecule has 9 nitrogen and oxygen atoms in total. The van der Waals surface area contributed by atoms with Crippen molar-refractivity contribution in [1.29, 1.82) is 0 Å². The highest BCUT2D eigenvalue weighted by Crippen LogP contribution is 2.31. The summed E-state index contributed by atoms with van der Waals surface area (Å²) in [6, 6.07) is 8.72. The zero-order valence-corrected chi connectivity index (χ0v) is 22.2. The number of fused-ring (bicyclic) bond motifs is 1. The molecule has 2 aromatic heterocycles. The van der Waals surface area contributed by atoms with Gasteiger partial charge < -0.3 is 15.0 Å². The molecule has 2 aliphatic heterocycles. The van der Waals surface area contributed by atoms with Crippen LogP contribution in [0.25, 0.3) is 11.0 Å². The second-order valence-electron chi connectivity index (χ2n) is 11.0. The summed E-state index contributed by atoms with van der Waals surface area (Å²) >= 11 is 0. The van der Waals surface area contributed by atoms with Crippen LogP contribution in [0.5, 0.6) is 0 Å². The minimum Gasteiger partial charge on any atom is -0.379 e. The lowest BCUT2D eigenvalue weighted by molar-refractivity contribution is 0.0365. The molecule has 1 N–H and O–H groups in total. The van der Waals surface area contributed by atoms with Crippen LogP contribution in [0.4, 0.5) is 17.3 Å². The van der Waals surface area contributed by atoms with E-state index in [4.69, 9.17) is 9.72 Å². The van der Waals surface area contributed by atoms with Gasteiger partial charge in [0.25, 0.3) is 0 Å². The first kappa shape index (κ1) is 25.2. The number of nitrogens with zero attached hydrogens (tertiary/aromatic N) is 6. The summed E-state index contributed by atoms with van der Waals surface area (Å²) in [4.78, 5) is 30.9. The number of rotatable bonds is 8. The Labute approximate surface area is 224 Å². The Kier molecular flexibility index (Phi) is 7.83. The second-order valence-corrected chi connectivity index (χ2v) is 11.0. The lowest BCUT2D eigenvalue weighted by Gasteiger charge is -2.34. The molecule has 1 saturated carbocycles. The fraction of sp³-hybridized carbons (Fsp3) is 0.586. The Bertz CT molecular complexity index is 1260. The third-order valence-corrected chi connectivity index (χ3v) is 8.53. The first-order valence-corrected chi connectivity index (χ1v) is 14.4. The molecule has 0 radical (unpaired) electrons. The first-order chi connectivity index (χ1) is 18.7. The van der Waals surface area contributed by atoms with Gasteiger partial charge in [-0.3, -0.25) is 9.47 Å². The summed E-state index contributed by atoms with van der Waals surface area (Å²) in [5.41, 5.74) is 2.65. The Morgan fingerprint density at radius 2 is 1.66 bits per heavy atom. The zero-order chi connectivity index (χ0) is 25.7. The van der Waals surface area contributed by atoms with Crippen molar-refractivity contribution in [3.63, 3.8) is 0 Å². The quantitative estimate of drug-likeness (QED) is 0.471. The number of anilines is 3. The first-order valence-electron chi connectivity index (χ1n) is 14.4. The molecular weight excluding hydrogens is 478 g/mol. The molecule has 0 bridgehead atoms. The number of piperidine rings is 1. The highest BCUT2D eigenvalue weighted by molar-refractivity contribution is 5.75. The molecule has 0 spiro atoms. The molecule has 38 heavy (non-hydrogen) atoms. The number of morpholine rings is 1. The van der Waals surface area contributed by atoms with Crippen molar-refractivity contribution in [2.45, 2.75) is 57.4 Å². The Morgan fingerprint density at radius 1 is 0.921 bits per heavy atom. The minimum absolute atomic E-state index is 0.176. The van der Waals surface area contributed by atoms with Gasteiger partial charge in [-0.2, -0.15) is 4.98 Å². The molecule has 0 amide bonds. The topological polar surface area (TPSA) is 88.4 Å². The Hall–Kier alpha value is -3.04. The van der Waals surface area contributed by atoms with E-state index in [-0.39, 0.29) is 11.7 Å². The lowest BCUT2D eigenvalue weighted by Crippen LogP contribution is -2.37. The maximum Gasteiger partial charge on any atom is 0.349 e. The van der Waals surface area contributed by atoms with E-state index in [0.717, 1.165) is 82.1 Å². The van der Waals surface area contributed by atoms with E-state index in [9.17, 15) is 4.79 Å². The van der Waals surface area contributed by atoms with Crippen molar-refractivity contribution in [3.05, 3.63) is 47.1 Å². The second kappa shape index (κ2) is 11.8. The number of benzene rings is 1. The third-order valence-electron chi connectivity index (χ3n) is 8.53. The summed E-state index contributed by atoms with van der Waals surface area (Å²) in [5.74, 6) is 1.34. The maximum atomic E-state index is 12.6. The highest BCUT2D eigenvalue weighted by atomic mass is 16.5. The molecule has 1 aromatic carbocycles. The van der Waals surface area contributed by atoms with Crippen LogP contribution < -0.4 is 15.9 Å². The number of ether oxygens (including phenoxy) is 1. The predicted octanol–water partition coefficient (Wildman–Crippen LogP) is 4.37. The van der Waals surface area contributed by atoms with Crippen LogP contribution in [0.3, 0.4) is 0 Å². The molecule has 0 unspecified atom stereocenters. The molecule has 6 rings (SSSR count). The molecule has 0 atom stereocenters. The maximum absolute atomic E-state index is 12.6. The lowest BCUT2D eigenvalue weighted by atomic mass is 9.92. The van der Waals surface area contributed by atoms with E-state index in [1.165, 1.54) is 37.9 Å². The van der Waals surface area contributed by atoms with Crippen molar-refractivity contribution < 1.29 is 4.74 Å². The zero-order valence-electron chi connectivity index (χ0n) is 22.2. The van der Waals surface area contributed by atoms with Gasteiger partial charge in [0.1, 0.15) is 0 Å². The standard InChI is InChI=1S/C29H39N7O2/c37-29-31-21-23-20-30-28(33-27(23)36(29)26-5-1-2-6-26)32-24-7-9-25(10-8-24)35-14-11-22(12-15-35)4-3-13-34-16-18-38-19-17-34/h7-10,20-22,26H,1-6,11-19H2,(H,30,32,33). The van der Waals surface area contributed by atoms with Gasteiger partial charge in [-0.25, -0.2) is 14.8 Å². The summed E-state index contributed by atoms with van der Waals surface area (Å²) in [7, 11) is 0. The summed E-state index contributed by atoms with van der Waals surface area (Å²) in [5, 5.41) is 4.13. The van der Waals surface area contributed by atoms with E-state index in [1.807, 2.05) is 0 Å². The van der Waals surface area contributed by atoms with Gasteiger partial charge in [-0.1, -0.05) is 12.8 Å². The van der Waals surface area contributed by atoms with E-state index >= 15 is 0 Å². The smallest absolute Gasteiger partial charge is 0.349 e. The van der Waals surface area contributed by atoms with Crippen molar-refractivity contribution in [2.75, 3.05) is 56.2 Å². The molecule has 3 aromatic rings. The Balaban J connectivity index is 1.04. The van der Waals surface area contributed by atoms with Crippen LogP contribution in [0.15, 0.2) is 41.5 Å². The van der Waals surface area contributed by atoms with Gasteiger partial charge in [0.2, 0.25) is 5.95 Å². The molecule has 4 heterocycles. The van der Waals surface area contributed by atoms with Gasteiger partial charge in [-0.05, 0) is 75.3 Å². The normalized spacial score (nSPS) is 19.8. The predicted molar refractivity (Wildman–Crippen MR) is 150 cm³/mol. The van der Waals surface area contributed by atoms with Crippen LogP contribution in [0.2, 0.25) is 0 Å². The van der Waals surface area contributed by atoms with Gasteiger partial charge in [-0.15, -0.1) is 0 Å². The van der Waals surface area contributed by atoms with Gasteiger partial charge in [0, 0.05) is 56.0 Å². The molecule has 2 saturated heterocycles. The SMILES string of the molecule is O=c1ncc2cnc(Nc3ccc(N4CCC(CCCN5CCOCC5)CC4)cc3)nc2n1C1CCCC1. The van der Waals surface area contributed by atoms with Crippen LogP contribution >= 0.6 is 0 Å². The van der Waals surface area contributed by atoms with Crippen LogP contribution in [0.1, 0.15) is 57.4 Å². The molecule has 1 aliphatic carbocycles. The van der Waals surface area contributed by atoms with Crippen molar-refractivity contribution >= 4 is 28.4 Å². The van der Waals surface area contributed by atoms with E-state index in [2.05, 4.69) is 49.4 Å². The molecule has 202 valence electrons. The molecule has 9 heteroatoms. The summed E-state index contributed by atoms with van der Waals surface area (Å²) in [6.07, 6.45) is 12.8. The molecule has 3 aliphatic rings. The largest absolute Gasteiger partial charge is 0.379 e. The van der Waals surface area contributed by atoms with Crippen LogP contribution in [-0.2, 0) is 4.74 Å². The summed E-state index contributed by atoms with van der Waals surface area (Å²) < 4.78 is 7.23. The van der Waals surface area contributed by atoms with E-state index in [1.54, 1.807) is 17.0 Å². The van der Waals surface area contributed by atoms with Crippen molar-refractivity contribution in [3.8, 4) is 0 Å². The van der Waals surface area contributed by atoms with Gasteiger partial charge in [0.15, 0.2) is 5.65 Å². The van der Waals surface area contributed by atoms with Gasteiger partial charge in [0.05, 0.1) is 18.6 Å². The highest BCUT2D eigenvalue weighted by Gasteiger charge is 2.22. The molecule has 3 fully saturated rings. The number of hydrogen-bond donors (Lipinski definition) is 1. The van der Waals surface area contributed by atoms with Crippen LogP contribution in [0, 0.1) is 5.92 Å². The van der Waals surface area contributed by atoms with Crippen molar-refractivity contribution in [2.24, 2.45) is 5.92 Å². The fourth-order valence-corrected chi connectivity index (χ4v) is 6.29. The summed E-state index contributed by atoms with van der Waals surface area (Å²) in [6.45, 7) is 7.43. The monoisotopic (exact) mass is 517 g/mol. The molecular formula is C29H39N7O2. The average molecular weight is 518 g/mol. The fourth-order valence-electron chi connectivity index (χ4n) is 6.29. The third kappa shape index (κ3) is 5.83. The van der Waals surface area contributed by atoms with Gasteiger partial charge >= 0.3 is 5.69 Å². The number of aromatic nitrogens is 4. The minimum atomic E-state index is -0.223. The van der Waals surface area contributed by atoms with E-state index in [0.29, 0.717) is 11.6 Å². The average Bonchev–Trinajstić information content (AvgIpc) is 3.49. The van der Waals surface area contributed by atoms with Crippen molar-refractivity contribution in [1.82, 2.24) is 24.4 Å². The van der Waals surface area contributed by atoms with Crippen LogP contribution in [-0.4, -0.2) is 70.4 Å². The number of hydrogen-bond acceptors (Lipinski definition) is 8. The number of nitrogens with one attached hydrogen (secondary N) is 1. The Morgan fingerprint density at radius 3 is 2.42 bits per heavy atom.